The van der Waals surface area contributed by atoms with Crippen molar-refractivity contribution in [2.24, 2.45) is 11.8 Å². The molecule has 6 nitrogen and oxygen atoms in total. The van der Waals surface area contributed by atoms with Crippen molar-refractivity contribution in [1.82, 2.24) is 10.6 Å². The number of carbonyl (C=O) groups excluding carboxylic acids is 2. The molecular weight excluding hydrogens is 460 g/mol. The zero-order valence-electron chi connectivity index (χ0n) is 21.0. The summed E-state index contributed by atoms with van der Waals surface area (Å²) >= 11 is 1.56. The summed E-state index contributed by atoms with van der Waals surface area (Å²) in [6, 6.07) is 13.4. The molecule has 1 saturated carbocycles. The monoisotopic (exact) mass is 500 g/mol. The van der Waals surface area contributed by atoms with E-state index in [1.807, 2.05) is 42.5 Å². The fraction of sp³-hybridized carbons (Fsp3) is 0.571. The van der Waals surface area contributed by atoms with Gasteiger partial charge in [-0.1, -0.05) is 63.4 Å². The zero-order chi connectivity index (χ0) is 24.9. The summed E-state index contributed by atoms with van der Waals surface area (Å²) in [6.45, 7) is 5.24. The van der Waals surface area contributed by atoms with Crippen molar-refractivity contribution < 1.29 is 18.7 Å². The number of nitrogens with one attached hydrogen (secondary N) is 2. The van der Waals surface area contributed by atoms with Gasteiger partial charge in [-0.05, 0) is 48.8 Å². The third-order valence-corrected chi connectivity index (χ3v) is 7.86. The Balaban J connectivity index is 1.55. The van der Waals surface area contributed by atoms with Crippen LogP contribution in [0.1, 0.15) is 57.3 Å². The Morgan fingerprint density at radius 1 is 1.14 bits per heavy atom. The molecule has 3 rings (SSSR count). The van der Waals surface area contributed by atoms with E-state index in [9.17, 15) is 9.59 Å². The number of carbonyl (C=O) groups is 2. The number of Topliss-reactive ketones (excluding diaryl/α,β-unsaturated/α-hetero) is 1. The highest BCUT2D eigenvalue weighted by Crippen LogP contribution is 2.24. The molecule has 1 aliphatic rings. The lowest BCUT2D eigenvalue weighted by atomic mass is 9.97. The predicted octanol–water partition coefficient (Wildman–Crippen LogP) is 5.61. The zero-order valence-corrected chi connectivity index (χ0v) is 21.9. The first-order chi connectivity index (χ1) is 17.0. The molecule has 3 unspecified atom stereocenters. The van der Waals surface area contributed by atoms with Gasteiger partial charge in [0, 0.05) is 12.6 Å². The number of amides is 1. The van der Waals surface area contributed by atoms with E-state index in [0.29, 0.717) is 37.0 Å². The average molecular weight is 501 g/mol. The second kappa shape index (κ2) is 15.0. The maximum Gasteiger partial charge on any atom is 0.407 e. The molecule has 3 atom stereocenters. The van der Waals surface area contributed by atoms with Gasteiger partial charge in [-0.25, -0.2) is 4.79 Å². The lowest BCUT2D eigenvalue weighted by Gasteiger charge is -2.27. The lowest BCUT2D eigenvalue weighted by molar-refractivity contribution is -0.118. The molecule has 2 aromatic rings. The van der Waals surface area contributed by atoms with Crippen molar-refractivity contribution in [3.05, 3.63) is 60.1 Å². The van der Waals surface area contributed by atoms with E-state index < -0.39 is 0 Å². The molecule has 2 N–H and O–H groups in total. The van der Waals surface area contributed by atoms with Crippen LogP contribution in [-0.4, -0.2) is 42.9 Å². The number of thioether (sulfide) groups is 1. The third kappa shape index (κ3) is 9.73. The summed E-state index contributed by atoms with van der Waals surface area (Å²) < 4.78 is 10.9. The smallest absolute Gasteiger partial charge is 0.407 e. The maximum atomic E-state index is 13.2. The number of ketones is 1. The first-order valence-electron chi connectivity index (χ1n) is 12.9. The van der Waals surface area contributed by atoms with Crippen LogP contribution in [0.5, 0.6) is 0 Å². The number of benzene rings is 1. The Morgan fingerprint density at radius 2 is 1.91 bits per heavy atom. The third-order valence-electron chi connectivity index (χ3n) is 6.88. The SMILES string of the molecule is CCC(C)C(CNC(Cc1ccccc1)C(=O)CSCc1ccco1)NC(=O)OCC1CCCC1. The van der Waals surface area contributed by atoms with E-state index in [-0.39, 0.29) is 29.9 Å². The van der Waals surface area contributed by atoms with Crippen LogP contribution >= 0.6 is 11.8 Å². The van der Waals surface area contributed by atoms with Crippen LogP contribution in [-0.2, 0) is 21.7 Å². The van der Waals surface area contributed by atoms with E-state index in [2.05, 4.69) is 24.5 Å². The molecule has 1 aromatic carbocycles. The molecular formula is C28H40N2O4S. The van der Waals surface area contributed by atoms with Crippen molar-refractivity contribution in [2.45, 2.75) is 70.2 Å². The van der Waals surface area contributed by atoms with Gasteiger partial charge in [0.25, 0.3) is 0 Å². The van der Waals surface area contributed by atoms with Crippen molar-refractivity contribution in [1.29, 1.82) is 0 Å². The van der Waals surface area contributed by atoms with Gasteiger partial charge in [-0.15, -0.1) is 11.8 Å². The maximum absolute atomic E-state index is 13.2. The number of hydrogen-bond donors (Lipinski definition) is 2. The van der Waals surface area contributed by atoms with E-state index in [1.54, 1.807) is 18.0 Å². The predicted molar refractivity (Wildman–Crippen MR) is 141 cm³/mol. The number of rotatable bonds is 15. The second-order valence-corrected chi connectivity index (χ2v) is 10.6. The molecule has 35 heavy (non-hydrogen) atoms. The van der Waals surface area contributed by atoms with E-state index >= 15 is 0 Å². The van der Waals surface area contributed by atoms with Crippen molar-refractivity contribution in [3.63, 3.8) is 0 Å². The lowest BCUT2D eigenvalue weighted by Crippen LogP contribution is -2.51. The summed E-state index contributed by atoms with van der Waals surface area (Å²) in [7, 11) is 0. The Morgan fingerprint density at radius 3 is 2.60 bits per heavy atom. The highest BCUT2D eigenvalue weighted by Gasteiger charge is 2.25. The highest BCUT2D eigenvalue weighted by atomic mass is 32.2. The summed E-state index contributed by atoms with van der Waals surface area (Å²) in [6.07, 6.45) is 7.57. The quantitative estimate of drug-likeness (QED) is 0.331. The molecule has 1 aliphatic carbocycles. The first-order valence-corrected chi connectivity index (χ1v) is 14.0. The number of hydrogen-bond acceptors (Lipinski definition) is 6. The molecule has 0 spiro atoms. The molecule has 7 heteroatoms. The van der Waals surface area contributed by atoms with Gasteiger partial charge < -0.3 is 19.8 Å². The molecule has 1 amide bonds. The average Bonchev–Trinajstić information content (AvgIpc) is 3.59. The normalized spacial score (nSPS) is 16.5. The Bertz CT molecular complexity index is 868. The van der Waals surface area contributed by atoms with Gasteiger partial charge in [-0.2, -0.15) is 0 Å². The minimum atomic E-state index is -0.357. The molecule has 0 radical (unpaired) electrons. The standard InChI is InChI=1S/C28H40N2O4S/c1-3-21(2)26(30-28(32)34-18-23-12-7-8-13-23)17-29-25(16-22-10-5-4-6-11-22)27(31)20-35-19-24-14-9-15-33-24/h4-6,9-11,14-15,21,23,25-26,29H,3,7-8,12-13,16-20H2,1-2H3,(H,30,32). The first kappa shape index (κ1) is 27.3. The van der Waals surface area contributed by atoms with E-state index in [4.69, 9.17) is 9.15 Å². The molecule has 192 valence electrons. The summed E-state index contributed by atoms with van der Waals surface area (Å²) in [5.74, 6) is 2.83. The van der Waals surface area contributed by atoms with Crippen LogP contribution < -0.4 is 10.6 Å². The van der Waals surface area contributed by atoms with Gasteiger partial charge in [0.1, 0.15) is 5.76 Å². The van der Waals surface area contributed by atoms with Gasteiger partial charge in [-0.3, -0.25) is 4.79 Å². The Kier molecular flexibility index (Phi) is 11.7. The number of ether oxygens (including phenoxy) is 1. The van der Waals surface area contributed by atoms with Gasteiger partial charge in [0.15, 0.2) is 5.78 Å². The van der Waals surface area contributed by atoms with Crippen LogP contribution in [0.25, 0.3) is 0 Å². The topological polar surface area (TPSA) is 80.6 Å². The van der Waals surface area contributed by atoms with Crippen LogP contribution in [0.2, 0.25) is 0 Å². The van der Waals surface area contributed by atoms with Crippen LogP contribution in [0.15, 0.2) is 53.1 Å². The van der Waals surface area contributed by atoms with Crippen molar-refractivity contribution >= 4 is 23.6 Å². The molecule has 1 heterocycles. The van der Waals surface area contributed by atoms with Crippen molar-refractivity contribution in [3.8, 4) is 0 Å². The molecule has 0 saturated heterocycles. The van der Waals surface area contributed by atoms with E-state index in [0.717, 1.165) is 30.6 Å². The van der Waals surface area contributed by atoms with Crippen molar-refractivity contribution in [2.75, 3.05) is 18.9 Å². The number of furan rings is 1. The number of alkyl carbamates (subject to hydrolysis) is 1. The summed E-state index contributed by atoms with van der Waals surface area (Å²) in [5, 5.41) is 6.53. The minimum Gasteiger partial charge on any atom is -0.468 e. The fourth-order valence-corrected chi connectivity index (χ4v) is 5.28. The Labute approximate surface area is 214 Å². The highest BCUT2D eigenvalue weighted by molar-refractivity contribution is 7.99. The molecule has 1 aromatic heterocycles. The van der Waals surface area contributed by atoms with Gasteiger partial charge >= 0.3 is 6.09 Å². The van der Waals surface area contributed by atoms with E-state index in [1.165, 1.54) is 12.8 Å². The van der Waals surface area contributed by atoms with Crippen LogP contribution in [0.4, 0.5) is 4.79 Å². The minimum absolute atomic E-state index is 0.113. The Hall–Kier alpha value is -2.25. The van der Waals surface area contributed by atoms with Gasteiger partial charge in [0.2, 0.25) is 0 Å². The second-order valence-electron chi connectivity index (χ2n) is 9.57. The largest absolute Gasteiger partial charge is 0.468 e. The molecule has 0 aliphatic heterocycles. The summed E-state index contributed by atoms with van der Waals surface area (Å²) in [4.78, 5) is 25.7. The van der Waals surface area contributed by atoms with Gasteiger partial charge in [0.05, 0.1) is 30.4 Å². The summed E-state index contributed by atoms with van der Waals surface area (Å²) in [5.41, 5.74) is 1.11. The van der Waals surface area contributed by atoms with Crippen LogP contribution in [0.3, 0.4) is 0 Å². The fourth-order valence-electron chi connectivity index (χ4n) is 4.41. The van der Waals surface area contributed by atoms with Crippen LogP contribution in [0, 0.1) is 11.8 Å². The molecule has 0 bridgehead atoms. The molecule has 1 fully saturated rings.